The molecular weight excluding hydrogens is 274 g/mol. The Balaban J connectivity index is 2.14. The molecule has 5 heteroatoms. The molecule has 2 rings (SSSR count). The van der Waals surface area contributed by atoms with Crippen LogP contribution in [-0.4, -0.2) is 19.6 Å². The van der Waals surface area contributed by atoms with Gasteiger partial charge in [-0.15, -0.1) is 0 Å². The molecule has 0 saturated heterocycles. The lowest BCUT2D eigenvalue weighted by molar-refractivity contribution is 0.278. The Morgan fingerprint density at radius 3 is 2.55 bits per heavy atom. The average Bonchev–Trinajstić information content (AvgIpc) is 2.47. The predicted octanol–water partition coefficient (Wildman–Crippen LogP) is 2.43. The zero-order valence-corrected chi connectivity index (χ0v) is 12.7. The molecular formula is C15H23NO3S. The van der Waals surface area contributed by atoms with E-state index in [1.165, 1.54) is 19.3 Å². The maximum Gasteiger partial charge on any atom is 0.241 e. The summed E-state index contributed by atoms with van der Waals surface area (Å²) in [6.07, 6.45) is 5.80. The van der Waals surface area contributed by atoms with Crippen molar-refractivity contribution < 1.29 is 13.5 Å². The summed E-state index contributed by atoms with van der Waals surface area (Å²) in [7, 11) is -3.56. The smallest absolute Gasteiger partial charge is 0.241 e. The van der Waals surface area contributed by atoms with E-state index in [0.29, 0.717) is 11.5 Å². The van der Waals surface area contributed by atoms with Gasteiger partial charge in [-0.25, -0.2) is 13.1 Å². The van der Waals surface area contributed by atoms with Gasteiger partial charge in [0, 0.05) is 6.04 Å². The third-order valence-electron chi connectivity index (χ3n) is 4.13. The van der Waals surface area contributed by atoms with Gasteiger partial charge in [-0.05, 0) is 37.3 Å². The van der Waals surface area contributed by atoms with Crippen LogP contribution in [-0.2, 0) is 16.6 Å². The van der Waals surface area contributed by atoms with Gasteiger partial charge in [0.15, 0.2) is 0 Å². The first-order valence-electron chi connectivity index (χ1n) is 7.25. The van der Waals surface area contributed by atoms with Crippen LogP contribution in [0.3, 0.4) is 0 Å². The Morgan fingerprint density at radius 2 is 1.90 bits per heavy atom. The van der Waals surface area contributed by atoms with E-state index in [4.69, 9.17) is 0 Å². The lowest BCUT2D eigenvalue weighted by Gasteiger charge is -2.28. The number of aliphatic hydroxyl groups is 1. The van der Waals surface area contributed by atoms with Crippen molar-refractivity contribution in [1.82, 2.24) is 4.72 Å². The van der Waals surface area contributed by atoms with Gasteiger partial charge >= 0.3 is 0 Å². The van der Waals surface area contributed by atoms with E-state index in [-0.39, 0.29) is 17.5 Å². The normalized spacial score (nSPS) is 18.9. The van der Waals surface area contributed by atoms with Crippen LogP contribution in [0.15, 0.2) is 29.2 Å². The summed E-state index contributed by atoms with van der Waals surface area (Å²) in [5, 5.41) is 9.27. The lowest BCUT2D eigenvalue weighted by Crippen LogP contribution is -2.39. The first-order chi connectivity index (χ1) is 9.54. The molecule has 1 aromatic carbocycles. The number of sulfonamides is 1. The fraction of sp³-hybridized carbons (Fsp3) is 0.600. The molecule has 0 aliphatic heterocycles. The Labute approximate surface area is 121 Å². The van der Waals surface area contributed by atoms with E-state index in [9.17, 15) is 13.5 Å². The molecule has 20 heavy (non-hydrogen) atoms. The largest absolute Gasteiger partial charge is 0.392 e. The standard InChI is InChI=1S/C15H23NO3S/c1-12(13-7-3-2-4-8-13)16-20(18,19)15-10-6-5-9-14(15)11-17/h5-6,9-10,12-13,16-17H,2-4,7-8,11H2,1H3. The van der Waals surface area contributed by atoms with Crippen LogP contribution in [0, 0.1) is 5.92 Å². The summed E-state index contributed by atoms with van der Waals surface area (Å²) in [6.45, 7) is 1.67. The van der Waals surface area contributed by atoms with Crippen LogP contribution in [0.2, 0.25) is 0 Å². The second kappa shape index (κ2) is 6.70. The minimum absolute atomic E-state index is 0.0629. The zero-order valence-electron chi connectivity index (χ0n) is 11.9. The van der Waals surface area contributed by atoms with Crippen molar-refractivity contribution in [3.63, 3.8) is 0 Å². The van der Waals surface area contributed by atoms with E-state index in [1.54, 1.807) is 24.3 Å². The topological polar surface area (TPSA) is 66.4 Å². The van der Waals surface area contributed by atoms with Crippen LogP contribution in [0.5, 0.6) is 0 Å². The quantitative estimate of drug-likeness (QED) is 0.877. The molecule has 1 saturated carbocycles. The van der Waals surface area contributed by atoms with Gasteiger partial charge in [-0.3, -0.25) is 0 Å². The van der Waals surface area contributed by atoms with Gasteiger partial charge in [0.05, 0.1) is 11.5 Å². The summed E-state index contributed by atoms with van der Waals surface area (Å²) in [6, 6.07) is 6.53. The molecule has 1 atom stereocenters. The molecule has 1 fully saturated rings. The number of rotatable bonds is 5. The second-order valence-corrected chi connectivity index (χ2v) is 7.26. The van der Waals surface area contributed by atoms with Crippen LogP contribution >= 0.6 is 0 Å². The number of hydrogen-bond acceptors (Lipinski definition) is 3. The average molecular weight is 297 g/mol. The fourth-order valence-electron chi connectivity index (χ4n) is 2.94. The van der Waals surface area contributed by atoms with Crippen molar-refractivity contribution in [2.24, 2.45) is 5.92 Å². The first-order valence-corrected chi connectivity index (χ1v) is 8.74. The zero-order chi connectivity index (χ0) is 14.6. The summed E-state index contributed by atoms with van der Waals surface area (Å²) >= 11 is 0. The van der Waals surface area contributed by atoms with Gasteiger partial charge in [-0.2, -0.15) is 0 Å². The monoisotopic (exact) mass is 297 g/mol. The number of nitrogens with one attached hydrogen (secondary N) is 1. The molecule has 0 amide bonds. The van der Waals surface area contributed by atoms with Gasteiger partial charge < -0.3 is 5.11 Å². The maximum absolute atomic E-state index is 12.4. The van der Waals surface area contributed by atoms with Crippen LogP contribution in [0.1, 0.15) is 44.6 Å². The number of hydrogen-bond donors (Lipinski definition) is 2. The Bertz CT molecular complexity index is 536. The van der Waals surface area contributed by atoms with Crippen molar-refractivity contribution in [3.05, 3.63) is 29.8 Å². The third kappa shape index (κ3) is 3.59. The van der Waals surface area contributed by atoms with Gasteiger partial charge in [0.2, 0.25) is 10.0 Å². The molecule has 1 aromatic rings. The van der Waals surface area contributed by atoms with Crippen molar-refractivity contribution in [2.75, 3.05) is 0 Å². The van der Waals surface area contributed by atoms with E-state index < -0.39 is 10.0 Å². The Kier molecular flexibility index (Phi) is 5.18. The summed E-state index contributed by atoms with van der Waals surface area (Å²) < 4.78 is 27.7. The van der Waals surface area contributed by atoms with Crippen molar-refractivity contribution in [3.8, 4) is 0 Å². The number of aliphatic hydroxyl groups excluding tert-OH is 1. The molecule has 0 radical (unpaired) electrons. The highest BCUT2D eigenvalue weighted by Crippen LogP contribution is 2.27. The second-order valence-electron chi connectivity index (χ2n) is 5.57. The molecule has 0 spiro atoms. The van der Waals surface area contributed by atoms with Crippen LogP contribution in [0.4, 0.5) is 0 Å². The Morgan fingerprint density at radius 1 is 1.25 bits per heavy atom. The van der Waals surface area contributed by atoms with Crippen molar-refractivity contribution in [2.45, 2.75) is 56.6 Å². The predicted molar refractivity (Wildman–Crippen MR) is 78.7 cm³/mol. The molecule has 112 valence electrons. The van der Waals surface area contributed by atoms with E-state index in [2.05, 4.69) is 4.72 Å². The molecule has 2 N–H and O–H groups in total. The van der Waals surface area contributed by atoms with Crippen LogP contribution in [0.25, 0.3) is 0 Å². The highest BCUT2D eigenvalue weighted by Gasteiger charge is 2.26. The first kappa shape index (κ1) is 15.5. The van der Waals surface area contributed by atoms with Crippen molar-refractivity contribution in [1.29, 1.82) is 0 Å². The molecule has 1 aliphatic rings. The minimum atomic E-state index is -3.56. The highest BCUT2D eigenvalue weighted by atomic mass is 32.2. The molecule has 0 bridgehead atoms. The number of benzene rings is 1. The van der Waals surface area contributed by atoms with E-state index >= 15 is 0 Å². The molecule has 1 unspecified atom stereocenters. The van der Waals surface area contributed by atoms with Gasteiger partial charge in [-0.1, -0.05) is 37.5 Å². The minimum Gasteiger partial charge on any atom is -0.392 e. The highest BCUT2D eigenvalue weighted by molar-refractivity contribution is 7.89. The summed E-state index contributed by atoms with van der Waals surface area (Å²) in [5.74, 6) is 0.416. The molecule has 1 aliphatic carbocycles. The molecule has 4 nitrogen and oxygen atoms in total. The molecule has 0 aromatic heterocycles. The maximum atomic E-state index is 12.4. The molecule has 0 heterocycles. The van der Waals surface area contributed by atoms with Crippen LogP contribution < -0.4 is 4.72 Å². The van der Waals surface area contributed by atoms with Crippen molar-refractivity contribution >= 4 is 10.0 Å². The van der Waals surface area contributed by atoms with E-state index in [1.807, 2.05) is 6.92 Å². The summed E-state index contributed by atoms with van der Waals surface area (Å²) in [4.78, 5) is 0.185. The Hall–Kier alpha value is -0.910. The van der Waals surface area contributed by atoms with Gasteiger partial charge in [0.25, 0.3) is 0 Å². The SMILES string of the molecule is CC(NS(=O)(=O)c1ccccc1CO)C1CCCCC1. The lowest BCUT2D eigenvalue weighted by atomic mass is 9.85. The summed E-state index contributed by atoms with van der Waals surface area (Å²) in [5.41, 5.74) is 0.441. The fourth-order valence-corrected chi connectivity index (χ4v) is 4.48. The van der Waals surface area contributed by atoms with Gasteiger partial charge in [0.1, 0.15) is 0 Å². The van der Waals surface area contributed by atoms with E-state index in [0.717, 1.165) is 12.8 Å². The third-order valence-corrected chi connectivity index (χ3v) is 5.79.